The molecule has 0 aliphatic carbocycles. The lowest BCUT2D eigenvalue weighted by molar-refractivity contribution is -0.0674. The van der Waals surface area contributed by atoms with Gasteiger partial charge >= 0.3 is 0 Å². The number of morpholine rings is 2. The first kappa shape index (κ1) is 15.2. The highest BCUT2D eigenvalue weighted by molar-refractivity contribution is 4.73. The summed E-state index contributed by atoms with van der Waals surface area (Å²) in [4.78, 5) is 4.97. The molecule has 0 amide bonds. The monoisotopic (exact) mass is 271 g/mol. The Morgan fingerprint density at radius 1 is 0.947 bits per heavy atom. The number of hydrogen-bond donors (Lipinski definition) is 1. The van der Waals surface area contributed by atoms with Gasteiger partial charge in [0.15, 0.2) is 0 Å². The van der Waals surface area contributed by atoms with Crippen LogP contribution < -0.4 is 5.32 Å². The largest absolute Gasteiger partial charge is 0.379 e. The minimum absolute atomic E-state index is 0.372. The highest BCUT2D eigenvalue weighted by Gasteiger charge is 2.21. The summed E-state index contributed by atoms with van der Waals surface area (Å²) in [5.41, 5.74) is 0. The second-order valence-electron chi connectivity index (χ2n) is 5.72. The van der Waals surface area contributed by atoms with E-state index in [0.717, 1.165) is 65.6 Å². The van der Waals surface area contributed by atoms with Crippen molar-refractivity contribution in [2.75, 3.05) is 65.6 Å². The highest BCUT2D eigenvalue weighted by atomic mass is 16.5. The van der Waals surface area contributed by atoms with Gasteiger partial charge in [-0.3, -0.25) is 9.80 Å². The Labute approximate surface area is 117 Å². The molecule has 2 saturated heterocycles. The van der Waals surface area contributed by atoms with Crippen molar-refractivity contribution in [1.82, 2.24) is 15.1 Å². The van der Waals surface area contributed by atoms with Crippen LogP contribution in [-0.4, -0.2) is 87.6 Å². The van der Waals surface area contributed by atoms with Crippen LogP contribution in [0.3, 0.4) is 0 Å². The van der Waals surface area contributed by atoms with Gasteiger partial charge in [-0.1, -0.05) is 0 Å². The molecular formula is C14H29N3O2. The summed E-state index contributed by atoms with van der Waals surface area (Å²) in [6.07, 6.45) is 0.745. The van der Waals surface area contributed by atoms with Crippen molar-refractivity contribution in [3.8, 4) is 0 Å². The predicted octanol–water partition coefficient (Wildman–Crippen LogP) is 0.0174. The zero-order valence-corrected chi connectivity index (χ0v) is 12.4. The predicted molar refractivity (Wildman–Crippen MR) is 76.6 cm³/mol. The van der Waals surface area contributed by atoms with E-state index in [1.54, 1.807) is 0 Å². The van der Waals surface area contributed by atoms with Gasteiger partial charge < -0.3 is 14.8 Å². The van der Waals surface area contributed by atoms with Gasteiger partial charge in [-0.15, -0.1) is 0 Å². The van der Waals surface area contributed by atoms with Crippen LogP contribution in [0.4, 0.5) is 0 Å². The lowest BCUT2D eigenvalue weighted by atomic mass is 10.2. The Bertz CT molecular complexity index is 237. The summed E-state index contributed by atoms with van der Waals surface area (Å²) in [5.74, 6) is 0. The van der Waals surface area contributed by atoms with Crippen LogP contribution in [0.1, 0.15) is 13.8 Å². The molecule has 0 bridgehead atoms. The summed E-state index contributed by atoms with van der Waals surface area (Å²) in [6, 6.07) is 0. The number of nitrogens with one attached hydrogen (secondary N) is 1. The molecule has 2 unspecified atom stereocenters. The lowest BCUT2D eigenvalue weighted by Gasteiger charge is -2.35. The van der Waals surface area contributed by atoms with Crippen molar-refractivity contribution in [3.05, 3.63) is 0 Å². The molecule has 112 valence electrons. The van der Waals surface area contributed by atoms with Crippen LogP contribution in [0.15, 0.2) is 0 Å². The second kappa shape index (κ2) is 8.17. The van der Waals surface area contributed by atoms with E-state index in [9.17, 15) is 0 Å². The molecule has 0 aromatic heterocycles. The molecule has 2 heterocycles. The minimum Gasteiger partial charge on any atom is -0.379 e. The fourth-order valence-electron chi connectivity index (χ4n) is 2.89. The first-order chi connectivity index (χ1) is 9.24. The zero-order chi connectivity index (χ0) is 13.5. The standard InChI is InChI=1S/C14H29N3O2/c1-13-11-17(12-14(2)19-13)6-4-15-3-5-16-7-9-18-10-8-16/h13-15H,3-12H2,1-2H3. The van der Waals surface area contributed by atoms with E-state index in [0.29, 0.717) is 12.2 Å². The quantitative estimate of drug-likeness (QED) is 0.689. The maximum absolute atomic E-state index is 5.74. The topological polar surface area (TPSA) is 37.0 Å². The fraction of sp³-hybridized carbons (Fsp3) is 1.00. The van der Waals surface area contributed by atoms with Crippen molar-refractivity contribution < 1.29 is 9.47 Å². The van der Waals surface area contributed by atoms with Crippen molar-refractivity contribution in [3.63, 3.8) is 0 Å². The van der Waals surface area contributed by atoms with Crippen LogP contribution in [0.25, 0.3) is 0 Å². The SMILES string of the molecule is CC1CN(CCNCCN2CCOCC2)CC(C)O1. The third kappa shape index (κ3) is 5.75. The number of nitrogens with zero attached hydrogens (tertiary/aromatic N) is 2. The minimum atomic E-state index is 0.372. The third-order valence-electron chi connectivity index (χ3n) is 3.81. The normalized spacial score (nSPS) is 30.6. The Morgan fingerprint density at radius 2 is 1.53 bits per heavy atom. The second-order valence-corrected chi connectivity index (χ2v) is 5.72. The van der Waals surface area contributed by atoms with Crippen LogP contribution in [0.5, 0.6) is 0 Å². The molecule has 5 heteroatoms. The van der Waals surface area contributed by atoms with Gasteiger partial charge in [-0.05, 0) is 13.8 Å². The van der Waals surface area contributed by atoms with Gasteiger partial charge in [0.25, 0.3) is 0 Å². The molecule has 19 heavy (non-hydrogen) atoms. The average Bonchev–Trinajstić information content (AvgIpc) is 2.38. The van der Waals surface area contributed by atoms with E-state index < -0.39 is 0 Å². The summed E-state index contributed by atoms with van der Waals surface area (Å²) < 4.78 is 11.1. The van der Waals surface area contributed by atoms with Crippen molar-refractivity contribution in [1.29, 1.82) is 0 Å². The lowest BCUT2D eigenvalue weighted by Crippen LogP contribution is -2.48. The smallest absolute Gasteiger partial charge is 0.0678 e. The Balaban J connectivity index is 1.49. The van der Waals surface area contributed by atoms with E-state index in [1.165, 1.54) is 0 Å². The van der Waals surface area contributed by atoms with E-state index in [-0.39, 0.29) is 0 Å². The molecule has 2 aliphatic rings. The molecule has 0 aromatic rings. The van der Waals surface area contributed by atoms with Gasteiger partial charge in [0.2, 0.25) is 0 Å². The molecule has 0 radical (unpaired) electrons. The van der Waals surface area contributed by atoms with Crippen LogP contribution in [0, 0.1) is 0 Å². The Kier molecular flexibility index (Phi) is 6.53. The zero-order valence-electron chi connectivity index (χ0n) is 12.4. The maximum Gasteiger partial charge on any atom is 0.0678 e. The van der Waals surface area contributed by atoms with Gasteiger partial charge in [-0.2, -0.15) is 0 Å². The average molecular weight is 271 g/mol. The molecule has 1 N–H and O–H groups in total. The van der Waals surface area contributed by atoms with Gasteiger partial charge in [0.05, 0.1) is 25.4 Å². The van der Waals surface area contributed by atoms with E-state index in [4.69, 9.17) is 9.47 Å². The fourth-order valence-corrected chi connectivity index (χ4v) is 2.89. The third-order valence-corrected chi connectivity index (χ3v) is 3.81. The molecule has 2 aliphatic heterocycles. The molecule has 2 fully saturated rings. The molecule has 0 spiro atoms. The van der Waals surface area contributed by atoms with Crippen molar-refractivity contribution in [2.24, 2.45) is 0 Å². The van der Waals surface area contributed by atoms with Gasteiger partial charge in [0, 0.05) is 52.4 Å². The molecule has 0 saturated carbocycles. The van der Waals surface area contributed by atoms with Crippen molar-refractivity contribution >= 4 is 0 Å². The molecule has 0 aromatic carbocycles. The van der Waals surface area contributed by atoms with Gasteiger partial charge in [-0.25, -0.2) is 0 Å². The Hall–Kier alpha value is -0.200. The summed E-state index contributed by atoms with van der Waals surface area (Å²) in [6.45, 7) is 14.8. The summed E-state index contributed by atoms with van der Waals surface area (Å²) in [7, 11) is 0. The van der Waals surface area contributed by atoms with E-state index in [2.05, 4.69) is 29.0 Å². The Morgan fingerprint density at radius 3 is 2.16 bits per heavy atom. The van der Waals surface area contributed by atoms with Crippen LogP contribution >= 0.6 is 0 Å². The van der Waals surface area contributed by atoms with E-state index in [1.807, 2.05) is 0 Å². The highest BCUT2D eigenvalue weighted by Crippen LogP contribution is 2.09. The van der Waals surface area contributed by atoms with Crippen LogP contribution in [0.2, 0.25) is 0 Å². The maximum atomic E-state index is 5.74. The number of hydrogen-bond acceptors (Lipinski definition) is 5. The molecule has 2 atom stereocenters. The summed E-state index contributed by atoms with van der Waals surface area (Å²) >= 11 is 0. The number of ether oxygens (including phenoxy) is 2. The molecular weight excluding hydrogens is 242 g/mol. The van der Waals surface area contributed by atoms with Crippen LogP contribution in [-0.2, 0) is 9.47 Å². The number of rotatable bonds is 6. The van der Waals surface area contributed by atoms with Gasteiger partial charge in [0.1, 0.15) is 0 Å². The van der Waals surface area contributed by atoms with E-state index >= 15 is 0 Å². The first-order valence-corrected chi connectivity index (χ1v) is 7.62. The summed E-state index contributed by atoms with van der Waals surface area (Å²) in [5, 5.41) is 3.54. The molecule has 5 nitrogen and oxygen atoms in total. The first-order valence-electron chi connectivity index (χ1n) is 7.62. The molecule has 2 rings (SSSR count). The van der Waals surface area contributed by atoms with Crippen molar-refractivity contribution in [2.45, 2.75) is 26.1 Å².